The van der Waals surface area contributed by atoms with Gasteiger partial charge in [-0.2, -0.15) is 0 Å². The third-order valence-corrected chi connectivity index (χ3v) is 3.26. The Morgan fingerprint density at radius 2 is 1.73 bits per heavy atom. The van der Waals surface area contributed by atoms with E-state index in [0.29, 0.717) is 0 Å². The fraction of sp³-hybridized carbons (Fsp3) is 0.182. The number of allylic oxidation sites excluding steroid dienone is 1. The maximum absolute atomic E-state index is 11.6. The summed E-state index contributed by atoms with van der Waals surface area (Å²) in [5.74, 6) is -0.286. The SMILES string of the molecule is CC(=O)/C=C/S(=O)(=O)c1ccc(C)cc1. The fourth-order valence-corrected chi connectivity index (χ4v) is 2.04. The molecule has 0 bridgehead atoms. The van der Waals surface area contributed by atoms with Gasteiger partial charge >= 0.3 is 0 Å². The quantitative estimate of drug-likeness (QED) is 0.736. The maximum Gasteiger partial charge on any atom is 0.199 e. The van der Waals surface area contributed by atoms with Crippen molar-refractivity contribution in [3.63, 3.8) is 0 Å². The molecule has 0 spiro atoms. The highest BCUT2D eigenvalue weighted by Gasteiger charge is 2.09. The van der Waals surface area contributed by atoms with E-state index in [1.54, 1.807) is 12.1 Å². The van der Waals surface area contributed by atoms with Crippen molar-refractivity contribution in [1.82, 2.24) is 0 Å². The van der Waals surface area contributed by atoms with E-state index in [9.17, 15) is 13.2 Å². The van der Waals surface area contributed by atoms with E-state index in [1.807, 2.05) is 6.92 Å². The molecule has 0 saturated heterocycles. The largest absolute Gasteiger partial charge is 0.295 e. The van der Waals surface area contributed by atoms with Crippen molar-refractivity contribution in [3.05, 3.63) is 41.3 Å². The third kappa shape index (κ3) is 3.32. The van der Waals surface area contributed by atoms with Crippen LogP contribution >= 0.6 is 0 Å². The first-order valence-corrected chi connectivity index (χ1v) is 5.97. The molecular weight excluding hydrogens is 212 g/mol. The van der Waals surface area contributed by atoms with Crippen molar-refractivity contribution in [2.75, 3.05) is 0 Å². The molecule has 0 aliphatic carbocycles. The van der Waals surface area contributed by atoms with Gasteiger partial charge in [-0.1, -0.05) is 17.7 Å². The second-order valence-corrected chi connectivity index (χ2v) is 5.11. The van der Waals surface area contributed by atoms with E-state index in [-0.39, 0.29) is 10.7 Å². The molecule has 15 heavy (non-hydrogen) atoms. The predicted octanol–water partition coefficient (Wildman–Crippen LogP) is 1.87. The number of rotatable bonds is 3. The lowest BCUT2D eigenvalue weighted by Gasteiger charge is -1.98. The molecule has 4 heteroatoms. The van der Waals surface area contributed by atoms with Crippen molar-refractivity contribution in [1.29, 1.82) is 0 Å². The molecule has 0 unspecified atom stereocenters. The summed E-state index contributed by atoms with van der Waals surface area (Å²) in [6.07, 6.45) is 1.05. The number of sulfone groups is 1. The average Bonchev–Trinajstić information content (AvgIpc) is 2.16. The Hall–Kier alpha value is -1.42. The Bertz CT molecular complexity index is 481. The Kier molecular flexibility index (Phi) is 3.42. The summed E-state index contributed by atoms with van der Waals surface area (Å²) in [7, 11) is -3.47. The number of benzene rings is 1. The van der Waals surface area contributed by atoms with Gasteiger partial charge < -0.3 is 0 Å². The highest BCUT2D eigenvalue weighted by atomic mass is 32.2. The van der Waals surface area contributed by atoms with Crippen LogP contribution in [-0.2, 0) is 14.6 Å². The van der Waals surface area contributed by atoms with E-state index in [1.165, 1.54) is 19.1 Å². The third-order valence-electron chi connectivity index (χ3n) is 1.83. The van der Waals surface area contributed by atoms with Crippen LogP contribution in [0.15, 0.2) is 40.6 Å². The van der Waals surface area contributed by atoms with Crippen LogP contribution in [0.3, 0.4) is 0 Å². The molecule has 3 nitrogen and oxygen atoms in total. The molecule has 0 radical (unpaired) electrons. The van der Waals surface area contributed by atoms with Gasteiger partial charge in [0, 0.05) is 5.41 Å². The van der Waals surface area contributed by atoms with Crippen LogP contribution in [0.1, 0.15) is 12.5 Å². The first kappa shape index (κ1) is 11.7. The zero-order valence-electron chi connectivity index (χ0n) is 8.60. The lowest BCUT2D eigenvalue weighted by atomic mass is 10.2. The highest BCUT2D eigenvalue weighted by molar-refractivity contribution is 7.94. The molecule has 1 aromatic rings. The standard InChI is InChI=1S/C11H12O3S/c1-9-3-5-11(6-4-9)15(13,14)8-7-10(2)12/h3-8H,1-2H3/b8-7+. The summed E-state index contributed by atoms with van der Waals surface area (Å²) in [6.45, 7) is 3.18. The Labute approximate surface area is 89.4 Å². The summed E-state index contributed by atoms with van der Waals surface area (Å²) >= 11 is 0. The number of hydrogen-bond donors (Lipinski definition) is 0. The van der Waals surface area contributed by atoms with Crippen LogP contribution in [0.2, 0.25) is 0 Å². The molecule has 0 saturated carbocycles. The van der Waals surface area contributed by atoms with Gasteiger partial charge in [-0.3, -0.25) is 4.79 Å². The van der Waals surface area contributed by atoms with Crippen LogP contribution in [0.25, 0.3) is 0 Å². The van der Waals surface area contributed by atoms with Crippen molar-refractivity contribution >= 4 is 15.6 Å². The zero-order chi connectivity index (χ0) is 11.5. The van der Waals surface area contributed by atoms with Crippen LogP contribution < -0.4 is 0 Å². The molecule has 0 amide bonds. The molecule has 0 aliphatic rings. The number of carbonyl (C=O) groups is 1. The van der Waals surface area contributed by atoms with E-state index in [0.717, 1.165) is 17.0 Å². The van der Waals surface area contributed by atoms with Gasteiger partial charge in [-0.25, -0.2) is 8.42 Å². The van der Waals surface area contributed by atoms with Gasteiger partial charge in [0.15, 0.2) is 15.6 Å². The van der Waals surface area contributed by atoms with Crippen LogP contribution in [-0.4, -0.2) is 14.2 Å². The molecular formula is C11H12O3S. The molecule has 80 valence electrons. The Morgan fingerprint density at radius 3 is 2.20 bits per heavy atom. The normalized spacial score (nSPS) is 11.9. The molecule has 0 heterocycles. The lowest BCUT2D eigenvalue weighted by molar-refractivity contribution is -0.112. The van der Waals surface area contributed by atoms with E-state index in [2.05, 4.69) is 0 Å². The van der Waals surface area contributed by atoms with E-state index < -0.39 is 9.84 Å². The molecule has 0 aromatic heterocycles. The molecule has 0 atom stereocenters. The van der Waals surface area contributed by atoms with Gasteiger partial charge in [0.25, 0.3) is 0 Å². The van der Waals surface area contributed by atoms with Gasteiger partial charge in [-0.05, 0) is 32.1 Å². The molecule has 1 rings (SSSR count). The second-order valence-electron chi connectivity index (χ2n) is 3.27. The fourth-order valence-electron chi connectivity index (χ4n) is 0.992. The minimum Gasteiger partial charge on any atom is -0.295 e. The topological polar surface area (TPSA) is 51.2 Å². The predicted molar refractivity (Wildman–Crippen MR) is 58.2 cm³/mol. The minimum absolute atomic E-state index is 0.200. The summed E-state index contributed by atoms with van der Waals surface area (Å²) in [5.41, 5.74) is 0.990. The van der Waals surface area contributed by atoms with Crippen LogP contribution in [0, 0.1) is 6.92 Å². The van der Waals surface area contributed by atoms with Gasteiger partial charge in [-0.15, -0.1) is 0 Å². The molecule has 0 N–H and O–H groups in total. The van der Waals surface area contributed by atoms with Crippen molar-refractivity contribution in [3.8, 4) is 0 Å². The molecule has 0 fully saturated rings. The minimum atomic E-state index is -3.47. The monoisotopic (exact) mass is 224 g/mol. The van der Waals surface area contributed by atoms with Crippen LogP contribution in [0.5, 0.6) is 0 Å². The highest BCUT2D eigenvalue weighted by Crippen LogP contribution is 2.12. The summed E-state index contributed by atoms with van der Waals surface area (Å²) in [6, 6.07) is 6.48. The first-order chi connectivity index (χ1) is 6.92. The molecule has 0 aliphatic heterocycles. The van der Waals surface area contributed by atoms with Crippen molar-refractivity contribution < 1.29 is 13.2 Å². The zero-order valence-corrected chi connectivity index (χ0v) is 9.41. The van der Waals surface area contributed by atoms with Crippen LogP contribution in [0.4, 0.5) is 0 Å². The first-order valence-electron chi connectivity index (χ1n) is 4.42. The average molecular weight is 224 g/mol. The maximum atomic E-state index is 11.6. The van der Waals surface area contributed by atoms with Gasteiger partial charge in [0.2, 0.25) is 0 Å². The molecule has 1 aromatic carbocycles. The number of hydrogen-bond acceptors (Lipinski definition) is 3. The summed E-state index contributed by atoms with van der Waals surface area (Å²) in [4.78, 5) is 10.8. The van der Waals surface area contributed by atoms with Gasteiger partial charge in [0.1, 0.15) is 0 Å². The number of carbonyl (C=O) groups excluding carboxylic acids is 1. The van der Waals surface area contributed by atoms with E-state index in [4.69, 9.17) is 0 Å². The summed E-state index contributed by atoms with van der Waals surface area (Å²) in [5, 5.41) is 0.931. The lowest BCUT2D eigenvalue weighted by Crippen LogP contribution is -1.97. The van der Waals surface area contributed by atoms with Crippen molar-refractivity contribution in [2.24, 2.45) is 0 Å². The van der Waals surface area contributed by atoms with Gasteiger partial charge in [0.05, 0.1) is 4.90 Å². The summed E-state index contributed by atoms with van der Waals surface area (Å²) < 4.78 is 23.2. The smallest absolute Gasteiger partial charge is 0.199 e. The number of ketones is 1. The van der Waals surface area contributed by atoms with Crippen molar-refractivity contribution in [2.45, 2.75) is 18.7 Å². The van der Waals surface area contributed by atoms with E-state index >= 15 is 0 Å². The number of aryl methyl sites for hydroxylation is 1. The Balaban J connectivity index is 3.07. The Morgan fingerprint density at radius 1 is 1.20 bits per heavy atom. The second kappa shape index (κ2) is 4.40.